The highest BCUT2D eigenvalue weighted by Crippen LogP contribution is 2.30. The van der Waals surface area contributed by atoms with Gasteiger partial charge in [0.1, 0.15) is 6.17 Å². The van der Waals surface area contributed by atoms with E-state index in [1.165, 1.54) is 0 Å². The van der Waals surface area contributed by atoms with E-state index in [0.29, 0.717) is 0 Å². The van der Waals surface area contributed by atoms with Crippen molar-refractivity contribution >= 4 is 0 Å². The van der Waals surface area contributed by atoms with E-state index in [0.717, 1.165) is 0 Å². The summed E-state index contributed by atoms with van der Waals surface area (Å²) in [6, 6.07) is 0. The van der Waals surface area contributed by atoms with Crippen LogP contribution in [0.15, 0.2) is 0 Å². The van der Waals surface area contributed by atoms with Crippen LogP contribution in [0.3, 0.4) is 0 Å². The fraction of sp³-hybridized carbons (Fsp3) is 1.00. The second-order valence-corrected chi connectivity index (χ2v) is 5.24. The summed E-state index contributed by atoms with van der Waals surface area (Å²) in [7, 11) is 0. The first-order chi connectivity index (χ1) is 11.5. The van der Waals surface area contributed by atoms with Crippen LogP contribution >= 0.6 is 0 Å². The molecular weight excluding hydrogens is 384 g/mol. The lowest BCUT2D eigenvalue weighted by Gasteiger charge is -2.27. The summed E-state index contributed by atoms with van der Waals surface area (Å²) in [4.78, 5) is 0. The Hall–Kier alpha value is -0.840. The smallest absolute Gasteiger partial charge is 0.251 e. The van der Waals surface area contributed by atoms with E-state index in [9.17, 15) is 52.7 Å². The second-order valence-electron chi connectivity index (χ2n) is 5.24. The van der Waals surface area contributed by atoms with Gasteiger partial charge >= 0.3 is 0 Å². The minimum absolute atomic E-state index is 0.572. The Morgan fingerprint density at radius 1 is 0.440 bits per heavy atom. The van der Waals surface area contributed by atoms with Crippen molar-refractivity contribution in [3.05, 3.63) is 0 Å². The van der Waals surface area contributed by atoms with Gasteiger partial charge in [-0.15, -0.1) is 0 Å². The molecule has 9 unspecified atom stereocenters. The normalized spacial score (nSPS) is 23.4. The molecule has 0 aliphatic rings. The molecule has 0 saturated carbocycles. The number of halogens is 12. The van der Waals surface area contributed by atoms with Crippen LogP contribution in [-0.4, -0.2) is 68.6 Å². The fourth-order valence-electron chi connectivity index (χ4n) is 1.82. The molecule has 25 heavy (non-hydrogen) atoms. The van der Waals surface area contributed by atoms with Crippen molar-refractivity contribution in [2.75, 3.05) is 6.67 Å². The number of hydrogen-bond acceptors (Lipinski definition) is 0. The van der Waals surface area contributed by atoms with Gasteiger partial charge in [-0.25, -0.2) is 48.3 Å². The monoisotopic (exact) mass is 400 g/mol. The van der Waals surface area contributed by atoms with Crippen LogP contribution in [-0.2, 0) is 0 Å². The van der Waals surface area contributed by atoms with Gasteiger partial charge in [-0.3, -0.25) is 4.39 Å². The highest BCUT2D eigenvalue weighted by atomic mass is 19.3. The molecule has 0 nitrogen and oxygen atoms in total. The molecule has 0 rings (SSSR count). The molecule has 0 aromatic heterocycles. The number of alkyl halides is 12. The molecule has 0 fully saturated rings. The molecule has 152 valence electrons. The third kappa shape index (κ3) is 6.76. The van der Waals surface area contributed by atoms with Crippen molar-refractivity contribution in [2.24, 2.45) is 0 Å². The number of rotatable bonds is 12. The summed E-state index contributed by atoms with van der Waals surface area (Å²) in [6.45, 7) is -1.11. The van der Waals surface area contributed by atoms with Crippen molar-refractivity contribution in [3.63, 3.8) is 0 Å². The summed E-state index contributed by atoms with van der Waals surface area (Å²) in [6.07, 6.45) is -38.7. The van der Waals surface area contributed by atoms with E-state index in [1.54, 1.807) is 0 Å². The molecule has 0 spiro atoms. The minimum atomic E-state index is -4.09. The van der Waals surface area contributed by atoms with Crippen molar-refractivity contribution in [2.45, 2.75) is 74.8 Å². The van der Waals surface area contributed by atoms with Crippen LogP contribution in [0.4, 0.5) is 52.7 Å². The lowest BCUT2D eigenvalue weighted by molar-refractivity contribution is -0.0737. The van der Waals surface area contributed by atoms with Gasteiger partial charge < -0.3 is 0 Å². The molecule has 0 bridgehead atoms. The van der Waals surface area contributed by atoms with Gasteiger partial charge in [0.15, 0.2) is 49.4 Å². The topological polar surface area (TPSA) is 0 Å². The average molecular weight is 400 g/mol. The molecule has 0 aliphatic heterocycles. The van der Waals surface area contributed by atoms with Crippen LogP contribution in [0.5, 0.6) is 0 Å². The van der Waals surface area contributed by atoms with Crippen molar-refractivity contribution in [3.8, 4) is 0 Å². The maximum absolute atomic E-state index is 13.4. The maximum atomic E-state index is 13.4. The lowest BCUT2D eigenvalue weighted by Crippen LogP contribution is -2.48. The molecule has 9 atom stereocenters. The third-order valence-corrected chi connectivity index (χ3v) is 3.33. The average Bonchev–Trinajstić information content (AvgIpc) is 2.60. The summed E-state index contributed by atoms with van der Waals surface area (Å²) < 4.78 is 154. The second kappa shape index (κ2) is 11.0. The van der Waals surface area contributed by atoms with Crippen LogP contribution in [0, 0.1) is 0 Å². The predicted octanol–water partition coefficient (Wildman–Crippen LogP) is 5.04. The first kappa shape index (κ1) is 24.2. The van der Waals surface area contributed by atoms with Crippen molar-refractivity contribution in [1.29, 1.82) is 0 Å². The van der Waals surface area contributed by atoms with E-state index < -0.39 is 81.5 Å². The first-order valence-electron chi connectivity index (χ1n) is 7.08. The zero-order chi connectivity index (χ0) is 19.9. The zero-order valence-corrected chi connectivity index (χ0v) is 12.4. The van der Waals surface area contributed by atoms with Crippen LogP contribution in [0.1, 0.15) is 12.8 Å². The van der Waals surface area contributed by atoms with Gasteiger partial charge in [-0.05, 0) is 12.8 Å². The number of hydrogen-bond donors (Lipinski definition) is 0. The van der Waals surface area contributed by atoms with E-state index in [4.69, 9.17) is 0 Å². The first-order valence-corrected chi connectivity index (χ1v) is 7.08. The highest BCUT2D eigenvalue weighted by Gasteiger charge is 2.49. The zero-order valence-electron chi connectivity index (χ0n) is 12.4. The minimum Gasteiger partial charge on any atom is -0.251 e. The Labute approximate surface area is 135 Å². The van der Waals surface area contributed by atoms with Crippen LogP contribution < -0.4 is 0 Å². The van der Waals surface area contributed by atoms with Crippen molar-refractivity contribution < 1.29 is 52.7 Å². The standard InChI is InChI=1S/C13H16F12/c14-3-1-2-4(15)5(16)6(17)7(18)8(19)9(20)10(21)11(22)12(23)13(24)25/h4-13H,1-3H2. The summed E-state index contributed by atoms with van der Waals surface area (Å²) in [5, 5.41) is 0. The van der Waals surface area contributed by atoms with Gasteiger partial charge in [0.25, 0.3) is 6.43 Å². The van der Waals surface area contributed by atoms with Crippen LogP contribution in [0.2, 0.25) is 0 Å². The molecule has 0 aromatic carbocycles. The largest absolute Gasteiger partial charge is 0.272 e. The third-order valence-electron chi connectivity index (χ3n) is 3.33. The molecule has 0 radical (unpaired) electrons. The molecule has 0 aliphatic carbocycles. The van der Waals surface area contributed by atoms with E-state index >= 15 is 0 Å². The molecule has 0 aromatic rings. The van der Waals surface area contributed by atoms with Gasteiger partial charge in [-0.1, -0.05) is 0 Å². The lowest BCUT2D eigenvalue weighted by atomic mass is 9.96. The van der Waals surface area contributed by atoms with E-state index in [2.05, 4.69) is 0 Å². The maximum Gasteiger partial charge on any atom is 0.272 e. The van der Waals surface area contributed by atoms with Gasteiger partial charge in [-0.2, -0.15) is 0 Å². The molecule has 0 saturated heterocycles. The van der Waals surface area contributed by atoms with Crippen LogP contribution in [0.25, 0.3) is 0 Å². The Balaban J connectivity index is 4.86. The summed E-state index contributed by atoms with van der Waals surface area (Å²) >= 11 is 0. The Morgan fingerprint density at radius 3 is 1.08 bits per heavy atom. The van der Waals surface area contributed by atoms with E-state index in [1.807, 2.05) is 0 Å². The van der Waals surface area contributed by atoms with E-state index in [-0.39, 0.29) is 0 Å². The molecule has 0 amide bonds. The Kier molecular flexibility index (Phi) is 10.6. The quantitative estimate of drug-likeness (QED) is 0.403. The fourth-order valence-corrected chi connectivity index (χ4v) is 1.82. The molecule has 12 heteroatoms. The van der Waals surface area contributed by atoms with Crippen molar-refractivity contribution in [1.82, 2.24) is 0 Å². The molecule has 0 heterocycles. The summed E-state index contributed by atoms with van der Waals surface area (Å²) in [5.41, 5.74) is 0. The molecule has 0 N–H and O–H groups in total. The Morgan fingerprint density at radius 2 is 0.760 bits per heavy atom. The van der Waals surface area contributed by atoms with Gasteiger partial charge in [0, 0.05) is 0 Å². The van der Waals surface area contributed by atoms with Gasteiger partial charge in [0.05, 0.1) is 6.67 Å². The van der Waals surface area contributed by atoms with Gasteiger partial charge in [0.2, 0.25) is 0 Å². The molecular formula is C13H16F12. The predicted molar refractivity (Wildman–Crippen MR) is 65.3 cm³/mol. The SMILES string of the molecule is FCCCC(F)C(F)C(F)C(F)C(F)C(F)C(F)C(F)C(F)C(F)F. The Bertz CT molecular complexity index is 356. The highest BCUT2D eigenvalue weighted by molar-refractivity contribution is 4.94. The summed E-state index contributed by atoms with van der Waals surface area (Å²) in [5.74, 6) is 0.